The highest BCUT2D eigenvalue weighted by Crippen LogP contribution is 2.69. The van der Waals surface area contributed by atoms with Crippen LogP contribution < -0.4 is 0 Å². The molecule has 0 aromatic heterocycles. The van der Waals surface area contributed by atoms with Gasteiger partial charge in [-0.05, 0) is 0 Å². The summed E-state index contributed by atoms with van der Waals surface area (Å²) in [5, 5.41) is 7.95. The molecule has 0 saturated carbocycles. The van der Waals surface area contributed by atoms with Crippen LogP contribution in [0.5, 0.6) is 0 Å². The summed E-state index contributed by atoms with van der Waals surface area (Å²) in [7, 11) is 0. The van der Waals surface area contributed by atoms with Crippen LogP contribution in [-0.4, -0.2) is 100 Å². The van der Waals surface area contributed by atoms with Gasteiger partial charge in [-0.1, -0.05) is 0 Å². The van der Waals surface area contributed by atoms with Gasteiger partial charge in [-0.3, -0.25) is 4.79 Å². The van der Waals surface area contributed by atoms with E-state index >= 15 is 0 Å². The molecular formula is C17H4F30O2. The fraction of sp³-hybridized carbons (Fsp3) is 0.941. The molecule has 0 fully saturated rings. The maximum Gasteiger partial charge on any atom is 0.460 e. The number of rotatable bonds is 15. The first-order chi connectivity index (χ1) is 20.6. The lowest BCUT2D eigenvalue weighted by molar-refractivity contribution is -0.487. The van der Waals surface area contributed by atoms with Crippen molar-refractivity contribution in [1.29, 1.82) is 0 Å². The van der Waals surface area contributed by atoms with Gasteiger partial charge in [-0.15, -0.1) is 0 Å². The molecule has 0 bridgehead atoms. The van der Waals surface area contributed by atoms with Gasteiger partial charge >= 0.3 is 89.1 Å². The molecule has 2 nitrogen and oxygen atoms in total. The van der Waals surface area contributed by atoms with Gasteiger partial charge in [0.2, 0.25) is 0 Å². The minimum absolute atomic E-state index is 3.11. The molecule has 0 aliphatic heterocycles. The van der Waals surface area contributed by atoms with Crippen molar-refractivity contribution in [2.45, 2.75) is 95.8 Å². The number of alkyl halides is 30. The van der Waals surface area contributed by atoms with Crippen molar-refractivity contribution >= 4 is 5.97 Å². The average molecular weight is 810 g/mol. The molecule has 1 atom stereocenters. The van der Waals surface area contributed by atoms with Gasteiger partial charge in [0.15, 0.2) is 6.17 Å². The van der Waals surface area contributed by atoms with Crippen molar-refractivity contribution in [3.8, 4) is 0 Å². The second-order valence-corrected chi connectivity index (χ2v) is 9.08. The Balaban J connectivity index is 7.57. The van der Waals surface area contributed by atoms with Crippen molar-refractivity contribution < 1.29 is 142 Å². The highest BCUT2D eigenvalue weighted by molar-refractivity contribution is 5.67. The van der Waals surface area contributed by atoms with E-state index in [4.69, 9.17) is 5.11 Å². The van der Waals surface area contributed by atoms with E-state index in [0.717, 1.165) is 0 Å². The zero-order chi connectivity index (χ0) is 40.9. The van der Waals surface area contributed by atoms with Crippen LogP contribution in [0.25, 0.3) is 0 Å². The molecule has 49 heavy (non-hydrogen) atoms. The van der Waals surface area contributed by atoms with Gasteiger partial charge in [0.05, 0.1) is 6.42 Å². The molecule has 0 aliphatic rings. The molecule has 1 unspecified atom stereocenters. The largest absolute Gasteiger partial charge is 0.481 e. The Morgan fingerprint density at radius 1 is 0.347 bits per heavy atom. The number of hydrogen-bond acceptors (Lipinski definition) is 1. The first kappa shape index (κ1) is 46.4. The second kappa shape index (κ2) is 11.4. The van der Waals surface area contributed by atoms with Crippen molar-refractivity contribution in [1.82, 2.24) is 0 Å². The summed E-state index contributed by atoms with van der Waals surface area (Å²) in [5.74, 6) is -126. The molecule has 0 heterocycles. The molecule has 294 valence electrons. The van der Waals surface area contributed by atoms with E-state index in [1.807, 2.05) is 0 Å². The minimum Gasteiger partial charge on any atom is -0.481 e. The third-order valence-corrected chi connectivity index (χ3v) is 5.86. The van der Waals surface area contributed by atoms with Gasteiger partial charge in [0, 0.05) is 0 Å². The van der Waals surface area contributed by atoms with Crippen LogP contribution in [0.1, 0.15) is 6.42 Å². The molecule has 1 N–H and O–H groups in total. The Bertz CT molecular complexity index is 1220. The van der Waals surface area contributed by atoms with Crippen LogP contribution in [0, 0.1) is 0 Å². The second-order valence-electron chi connectivity index (χ2n) is 9.08. The molecule has 32 heteroatoms. The zero-order valence-electron chi connectivity index (χ0n) is 21.0. The quantitative estimate of drug-likeness (QED) is 0.168. The minimum atomic E-state index is -10.0. The van der Waals surface area contributed by atoms with E-state index < -0.39 is 102 Å². The number of aliphatic carboxylic acids is 1. The Kier molecular flexibility index (Phi) is 10.8. The molecule has 0 rings (SSSR count). The Morgan fingerprint density at radius 2 is 0.510 bits per heavy atom. The molecule has 0 amide bonds. The first-order valence-corrected chi connectivity index (χ1v) is 10.4. The summed E-state index contributed by atoms with van der Waals surface area (Å²) < 4.78 is 400. The maximum absolute atomic E-state index is 13.8. The fourth-order valence-corrected chi connectivity index (χ4v) is 2.84. The van der Waals surface area contributed by atoms with Crippen molar-refractivity contribution in [3.63, 3.8) is 0 Å². The van der Waals surface area contributed by atoms with Crippen LogP contribution in [0.4, 0.5) is 132 Å². The standard InChI is InChI=1S/C17H4F30O2/c18-2(1-3(48)49)4(19,20)5(21,22)6(23,24)7(25,26)8(27,28)9(29,30)10(31,32)11(33,34)12(35,36)13(37,38)14(39,40)15(41,42)16(43,44)17(45,46)47/h2H,1H2,(H,48,49). The lowest BCUT2D eigenvalue weighted by Crippen LogP contribution is -2.79. The van der Waals surface area contributed by atoms with Gasteiger partial charge < -0.3 is 5.11 Å². The summed E-state index contributed by atoms with van der Waals surface area (Å²) >= 11 is 0. The number of hydrogen-bond donors (Lipinski definition) is 1. The van der Waals surface area contributed by atoms with Gasteiger partial charge in [0.25, 0.3) is 0 Å². The predicted molar refractivity (Wildman–Crippen MR) is 87.5 cm³/mol. The zero-order valence-corrected chi connectivity index (χ0v) is 21.0. The van der Waals surface area contributed by atoms with Gasteiger partial charge in [-0.2, -0.15) is 127 Å². The normalized spacial score (nSPS) is 17.3. The van der Waals surface area contributed by atoms with Crippen LogP contribution in [0.2, 0.25) is 0 Å². The molecule has 0 radical (unpaired) electrons. The van der Waals surface area contributed by atoms with E-state index in [0.29, 0.717) is 0 Å². The lowest BCUT2D eigenvalue weighted by atomic mass is 9.83. The summed E-state index contributed by atoms with van der Waals surface area (Å²) in [4.78, 5) is 10.1. The van der Waals surface area contributed by atoms with Crippen LogP contribution in [0.3, 0.4) is 0 Å². The highest BCUT2D eigenvalue weighted by Gasteiger charge is 3.01. The molecule has 0 spiro atoms. The van der Waals surface area contributed by atoms with E-state index in [9.17, 15) is 137 Å². The number of carboxylic acids is 1. The average Bonchev–Trinajstić information content (AvgIpc) is 2.85. The topological polar surface area (TPSA) is 37.3 Å². The fourth-order valence-electron chi connectivity index (χ4n) is 2.84. The lowest BCUT2D eigenvalue weighted by Gasteiger charge is -2.46. The van der Waals surface area contributed by atoms with Crippen LogP contribution in [0.15, 0.2) is 0 Å². The third kappa shape index (κ3) is 5.52. The van der Waals surface area contributed by atoms with Gasteiger partial charge in [-0.25, -0.2) is 4.39 Å². The van der Waals surface area contributed by atoms with Gasteiger partial charge in [0.1, 0.15) is 0 Å². The van der Waals surface area contributed by atoms with Crippen LogP contribution in [-0.2, 0) is 4.79 Å². The van der Waals surface area contributed by atoms with Crippen molar-refractivity contribution in [2.24, 2.45) is 0 Å². The van der Waals surface area contributed by atoms with Crippen molar-refractivity contribution in [2.75, 3.05) is 0 Å². The summed E-state index contributed by atoms with van der Waals surface area (Å²) in [6.45, 7) is 0. The Morgan fingerprint density at radius 3 is 0.673 bits per heavy atom. The van der Waals surface area contributed by atoms with Crippen LogP contribution >= 0.6 is 0 Å². The number of carbonyl (C=O) groups is 1. The molecule has 0 saturated heterocycles. The van der Waals surface area contributed by atoms with E-state index in [1.54, 1.807) is 0 Å². The summed E-state index contributed by atoms with van der Waals surface area (Å²) in [6.07, 6.45) is -17.0. The number of halogens is 30. The van der Waals surface area contributed by atoms with E-state index in [-0.39, 0.29) is 0 Å². The molecule has 0 aromatic rings. The molecule has 0 aliphatic carbocycles. The maximum atomic E-state index is 13.8. The monoisotopic (exact) mass is 810 g/mol. The smallest absolute Gasteiger partial charge is 0.460 e. The molecule has 0 aromatic carbocycles. The number of carboxylic acid groups (broad SMARTS) is 1. The van der Waals surface area contributed by atoms with E-state index in [1.165, 1.54) is 0 Å². The Hall–Kier alpha value is -2.63. The predicted octanol–water partition coefficient (Wildman–Crippen LogP) is 9.62. The summed E-state index contributed by atoms with van der Waals surface area (Å²) in [6, 6.07) is 0. The van der Waals surface area contributed by atoms with E-state index in [2.05, 4.69) is 0 Å². The highest BCUT2D eigenvalue weighted by atomic mass is 19.4. The summed E-state index contributed by atoms with van der Waals surface area (Å²) in [5.41, 5.74) is 0. The first-order valence-electron chi connectivity index (χ1n) is 10.4. The Labute approximate surface area is 245 Å². The SMILES string of the molecule is O=C(O)CC(F)C(F)(F)C(F)(F)C(F)(F)C(F)(F)C(F)(F)C(F)(F)C(F)(F)C(F)(F)C(F)(F)C(F)(F)C(F)(F)C(F)(F)C(F)(F)C(F)(F)F. The van der Waals surface area contributed by atoms with Crippen molar-refractivity contribution in [3.05, 3.63) is 0 Å². The molecular weight excluding hydrogens is 806 g/mol. The third-order valence-electron chi connectivity index (χ3n) is 5.86.